The molecule has 5 atom stereocenters. The third kappa shape index (κ3) is 12.3. The summed E-state index contributed by atoms with van der Waals surface area (Å²) in [5.41, 5.74) is 8.19. The number of hydrogen-bond acceptors (Lipinski definition) is 12. The van der Waals surface area contributed by atoms with E-state index in [-0.39, 0.29) is 46.2 Å². The number of azide groups is 1. The maximum Gasteiger partial charge on any atom is 0.303 e. The van der Waals surface area contributed by atoms with Gasteiger partial charge in [-0.3, -0.25) is 19.2 Å². The van der Waals surface area contributed by atoms with E-state index in [1.165, 1.54) is 13.8 Å². The standard InChI is InChI=1S/C20H32N4O11/c1-12(25)23-17-19(34-15(4)28)18(33-14(3)27)16(11-32-13(2)26)35-20(17)31-10-9-30-8-7-29-6-5-22-24-21/h16-20H,5-11H2,1-4H3,(H,23,25)/t16?,17?,18-,19?,20+/m0/s1. The van der Waals surface area contributed by atoms with Crippen LogP contribution in [0, 0.1) is 0 Å². The molecule has 1 saturated heterocycles. The Hall–Kier alpha value is -2.97. The second kappa shape index (κ2) is 16.6. The van der Waals surface area contributed by atoms with Gasteiger partial charge < -0.3 is 38.5 Å². The fraction of sp³-hybridized carbons (Fsp3) is 0.800. The Kier molecular flexibility index (Phi) is 14.3. The highest BCUT2D eigenvalue weighted by Crippen LogP contribution is 2.28. The van der Waals surface area contributed by atoms with Crippen LogP contribution in [0.15, 0.2) is 5.11 Å². The maximum absolute atomic E-state index is 11.9. The Labute approximate surface area is 202 Å². The predicted molar refractivity (Wildman–Crippen MR) is 116 cm³/mol. The molecule has 0 bridgehead atoms. The molecule has 1 aliphatic heterocycles. The molecule has 0 aliphatic carbocycles. The number of esters is 3. The first-order valence-electron chi connectivity index (χ1n) is 10.8. The van der Waals surface area contributed by atoms with Crippen LogP contribution < -0.4 is 5.32 Å². The molecule has 1 N–H and O–H groups in total. The van der Waals surface area contributed by atoms with Crippen molar-refractivity contribution in [1.82, 2.24) is 5.32 Å². The quantitative estimate of drug-likeness (QED) is 0.0787. The Morgan fingerprint density at radius 2 is 1.49 bits per heavy atom. The van der Waals surface area contributed by atoms with E-state index in [2.05, 4.69) is 15.3 Å². The Balaban J connectivity index is 2.85. The van der Waals surface area contributed by atoms with E-state index < -0.39 is 54.5 Å². The van der Waals surface area contributed by atoms with Gasteiger partial charge in [0.25, 0.3) is 0 Å². The Morgan fingerprint density at radius 3 is 2.06 bits per heavy atom. The second-order valence-electron chi connectivity index (χ2n) is 7.27. The van der Waals surface area contributed by atoms with Gasteiger partial charge in [0, 0.05) is 39.2 Å². The summed E-state index contributed by atoms with van der Waals surface area (Å²) in [6, 6.07) is -1.04. The van der Waals surface area contributed by atoms with Gasteiger partial charge in [0.15, 0.2) is 18.5 Å². The molecule has 3 unspecified atom stereocenters. The third-order valence-corrected chi connectivity index (χ3v) is 4.35. The van der Waals surface area contributed by atoms with Crippen LogP contribution in [0.3, 0.4) is 0 Å². The number of carbonyl (C=O) groups excluding carboxylic acids is 4. The number of hydrogen-bond donors (Lipinski definition) is 1. The zero-order chi connectivity index (χ0) is 26.2. The SMILES string of the molecule is CC(=O)NC1C(OC(C)=O)[C@@H](OC(C)=O)C(COC(C)=O)O[C@H]1OCCOCCOCCN=[N+]=[N-]. The normalized spacial score (nSPS) is 23.5. The van der Waals surface area contributed by atoms with Gasteiger partial charge in [-0.2, -0.15) is 0 Å². The fourth-order valence-corrected chi connectivity index (χ4v) is 3.13. The van der Waals surface area contributed by atoms with Crippen molar-refractivity contribution in [2.24, 2.45) is 5.11 Å². The molecule has 0 aromatic rings. The van der Waals surface area contributed by atoms with Crippen molar-refractivity contribution in [1.29, 1.82) is 0 Å². The van der Waals surface area contributed by atoms with Crippen molar-refractivity contribution in [3.63, 3.8) is 0 Å². The van der Waals surface area contributed by atoms with Gasteiger partial charge in [0.05, 0.1) is 33.0 Å². The van der Waals surface area contributed by atoms with E-state index in [1.54, 1.807) is 0 Å². The lowest BCUT2D eigenvalue weighted by molar-refractivity contribution is -0.279. The van der Waals surface area contributed by atoms with E-state index in [4.69, 9.17) is 38.7 Å². The zero-order valence-corrected chi connectivity index (χ0v) is 20.2. The summed E-state index contributed by atoms with van der Waals surface area (Å²) in [6.45, 7) is 5.60. The van der Waals surface area contributed by atoms with Crippen LogP contribution in [0.1, 0.15) is 27.7 Å². The first-order valence-corrected chi connectivity index (χ1v) is 10.8. The minimum absolute atomic E-state index is 0.0186. The largest absolute Gasteiger partial charge is 0.463 e. The predicted octanol–water partition coefficient (Wildman–Crippen LogP) is 0.00260. The first kappa shape index (κ1) is 30.1. The van der Waals surface area contributed by atoms with Crippen LogP contribution in [-0.4, -0.2) is 101 Å². The number of carbonyl (C=O) groups is 4. The molecule has 1 amide bonds. The van der Waals surface area contributed by atoms with E-state index in [0.29, 0.717) is 0 Å². The molecule has 1 heterocycles. The minimum atomic E-state index is -1.19. The number of ether oxygens (including phenoxy) is 7. The molecule has 1 aliphatic rings. The smallest absolute Gasteiger partial charge is 0.303 e. The zero-order valence-electron chi connectivity index (χ0n) is 20.2. The summed E-state index contributed by atoms with van der Waals surface area (Å²) < 4.78 is 37.9. The highest BCUT2D eigenvalue weighted by atomic mass is 16.7. The number of nitrogens with zero attached hydrogens (tertiary/aromatic N) is 3. The van der Waals surface area contributed by atoms with Crippen LogP contribution in [-0.2, 0) is 52.3 Å². The molecule has 0 saturated carbocycles. The molecular formula is C20H32N4O11. The van der Waals surface area contributed by atoms with E-state index in [0.717, 1.165) is 13.8 Å². The average molecular weight is 504 g/mol. The van der Waals surface area contributed by atoms with E-state index in [1.807, 2.05) is 0 Å². The molecule has 0 aromatic carbocycles. The molecule has 35 heavy (non-hydrogen) atoms. The molecule has 0 aromatic heterocycles. The third-order valence-electron chi connectivity index (χ3n) is 4.35. The molecular weight excluding hydrogens is 472 g/mol. The topological polar surface area (TPSA) is 194 Å². The molecule has 198 valence electrons. The van der Waals surface area contributed by atoms with Crippen LogP contribution in [0.2, 0.25) is 0 Å². The lowest BCUT2D eigenvalue weighted by atomic mass is 9.96. The van der Waals surface area contributed by atoms with Crippen LogP contribution in [0.5, 0.6) is 0 Å². The van der Waals surface area contributed by atoms with Crippen molar-refractivity contribution >= 4 is 23.8 Å². The van der Waals surface area contributed by atoms with Gasteiger partial charge >= 0.3 is 17.9 Å². The van der Waals surface area contributed by atoms with Crippen LogP contribution in [0.4, 0.5) is 0 Å². The molecule has 1 fully saturated rings. The molecule has 15 nitrogen and oxygen atoms in total. The minimum Gasteiger partial charge on any atom is -0.463 e. The van der Waals surface area contributed by atoms with Gasteiger partial charge in [0.2, 0.25) is 5.91 Å². The lowest BCUT2D eigenvalue weighted by Crippen LogP contribution is -2.66. The maximum atomic E-state index is 11.9. The Bertz CT molecular complexity index is 759. The number of amides is 1. The van der Waals surface area contributed by atoms with E-state index >= 15 is 0 Å². The van der Waals surface area contributed by atoms with Gasteiger partial charge in [-0.25, -0.2) is 0 Å². The number of nitrogens with one attached hydrogen (secondary N) is 1. The summed E-state index contributed by atoms with van der Waals surface area (Å²) in [4.78, 5) is 49.3. The van der Waals surface area contributed by atoms with Crippen LogP contribution >= 0.6 is 0 Å². The Morgan fingerprint density at radius 1 is 0.886 bits per heavy atom. The van der Waals surface area contributed by atoms with Crippen molar-refractivity contribution in [2.75, 3.05) is 46.2 Å². The fourth-order valence-electron chi connectivity index (χ4n) is 3.13. The molecule has 1 rings (SSSR count). The summed E-state index contributed by atoms with van der Waals surface area (Å²) in [6.07, 6.45) is -4.58. The highest BCUT2D eigenvalue weighted by molar-refractivity contribution is 5.73. The van der Waals surface area contributed by atoms with Crippen LogP contribution in [0.25, 0.3) is 10.4 Å². The van der Waals surface area contributed by atoms with Crippen molar-refractivity contribution in [3.05, 3.63) is 10.4 Å². The summed E-state index contributed by atoms with van der Waals surface area (Å²) in [5.74, 6) is -2.47. The lowest BCUT2D eigenvalue weighted by Gasteiger charge is -2.44. The molecule has 15 heteroatoms. The monoisotopic (exact) mass is 504 g/mol. The van der Waals surface area contributed by atoms with Crippen molar-refractivity contribution in [3.8, 4) is 0 Å². The summed E-state index contributed by atoms with van der Waals surface area (Å²) in [7, 11) is 0. The summed E-state index contributed by atoms with van der Waals surface area (Å²) >= 11 is 0. The molecule has 0 spiro atoms. The van der Waals surface area contributed by atoms with Crippen molar-refractivity contribution in [2.45, 2.75) is 58.3 Å². The average Bonchev–Trinajstić information content (AvgIpc) is 2.76. The first-order chi connectivity index (χ1) is 16.6. The van der Waals surface area contributed by atoms with Gasteiger partial charge in [0.1, 0.15) is 18.8 Å². The van der Waals surface area contributed by atoms with Gasteiger partial charge in [-0.1, -0.05) is 5.11 Å². The highest BCUT2D eigenvalue weighted by Gasteiger charge is 2.51. The van der Waals surface area contributed by atoms with Crippen molar-refractivity contribution < 1.29 is 52.3 Å². The van der Waals surface area contributed by atoms with E-state index in [9.17, 15) is 19.2 Å². The van der Waals surface area contributed by atoms with Gasteiger partial charge in [-0.15, -0.1) is 0 Å². The molecule has 0 radical (unpaired) electrons. The second-order valence-corrected chi connectivity index (χ2v) is 7.27. The van der Waals surface area contributed by atoms with Gasteiger partial charge in [-0.05, 0) is 5.53 Å². The summed E-state index contributed by atoms with van der Waals surface area (Å²) in [5, 5.41) is 5.94. The number of rotatable bonds is 15.